The van der Waals surface area contributed by atoms with Gasteiger partial charge in [0, 0.05) is 23.5 Å². The van der Waals surface area contributed by atoms with E-state index in [4.69, 9.17) is 9.47 Å². The van der Waals surface area contributed by atoms with Crippen LogP contribution in [0.25, 0.3) is 0 Å². The molecule has 2 amide bonds. The molecule has 30 heavy (non-hydrogen) atoms. The van der Waals surface area contributed by atoms with Crippen molar-refractivity contribution in [1.82, 2.24) is 10.2 Å². The van der Waals surface area contributed by atoms with Crippen molar-refractivity contribution in [2.45, 2.75) is 25.6 Å². The Hall–Kier alpha value is -3.32. The molecule has 0 saturated heterocycles. The van der Waals surface area contributed by atoms with Gasteiger partial charge in [-0.15, -0.1) is 11.3 Å². The zero-order valence-corrected chi connectivity index (χ0v) is 17.0. The number of fused-ring (bicyclic) bond motifs is 2. The van der Waals surface area contributed by atoms with E-state index in [1.807, 2.05) is 60.0 Å². The summed E-state index contributed by atoms with van der Waals surface area (Å²) in [6.07, 6.45) is 0.213. The van der Waals surface area contributed by atoms with Gasteiger partial charge in [-0.2, -0.15) is 0 Å². The van der Waals surface area contributed by atoms with Gasteiger partial charge in [0.25, 0.3) is 5.91 Å². The van der Waals surface area contributed by atoms with Gasteiger partial charge in [0.1, 0.15) is 0 Å². The van der Waals surface area contributed by atoms with Crippen molar-refractivity contribution in [1.29, 1.82) is 0 Å². The molecular formula is C23H20N2O4S. The summed E-state index contributed by atoms with van der Waals surface area (Å²) < 4.78 is 10.7. The molecule has 0 spiro atoms. The summed E-state index contributed by atoms with van der Waals surface area (Å²) in [4.78, 5) is 28.6. The van der Waals surface area contributed by atoms with Crippen LogP contribution in [0.3, 0.4) is 0 Å². The monoisotopic (exact) mass is 420 g/mol. The van der Waals surface area contributed by atoms with Gasteiger partial charge in [-0.3, -0.25) is 9.59 Å². The maximum atomic E-state index is 13.0. The Bertz CT molecular complexity index is 1100. The van der Waals surface area contributed by atoms with Crippen LogP contribution in [0, 0.1) is 0 Å². The molecule has 7 heteroatoms. The molecule has 1 atom stereocenters. The molecule has 6 nitrogen and oxygen atoms in total. The number of amides is 2. The van der Waals surface area contributed by atoms with Gasteiger partial charge in [0.15, 0.2) is 11.5 Å². The van der Waals surface area contributed by atoms with Crippen LogP contribution in [0.5, 0.6) is 11.5 Å². The quantitative estimate of drug-likeness (QED) is 0.657. The van der Waals surface area contributed by atoms with Crippen LogP contribution in [-0.4, -0.2) is 23.5 Å². The third kappa shape index (κ3) is 3.52. The molecule has 0 bridgehead atoms. The lowest BCUT2D eigenvalue weighted by Crippen LogP contribution is -2.33. The van der Waals surface area contributed by atoms with Gasteiger partial charge in [-0.1, -0.05) is 30.3 Å². The first-order valence-electron chi connectivity index (χ1n) is 9.76. The largest absolute Gasteiger partial charge is 0.454 e. The number of carbonyl (C=O) groups excluding carboxylic acids is 2. The van der Waals surface area contributed by atoms with E-state index in [-0.39, 0.29) is 31.1 Å². The Labute approximate surface area is 178 Å². The molecule has 0 fully saturated rings. The minimum Gasteiger partial charge on any atom is -0.454 e. The number of thiophene rings is 1. The molecule has 1 N–H and O–H groups in total. The van der Waals surface area contributed by atoms with Crippen molar-refractivity contribution in [3.63, 3.8) is 0 Å². The zero-order chi connectivity index (χ0) is 20.5. The van der Waals surface area contributed by atoms with Crippen LogP contribution in [0.1, 0.15) is 38.8 Å². The van der Waals surface area contributed by atoms with E-state index >= 15 is 0 Å². The topological polar surface area (TPSA) is 67.9 Å². The average Bonchev–Trinajstić information content (AvgIpc) is 3.51. The third-order valence-corrected chi connectivity index (χ3v) is 6.38. The predicted molar refractivity (Wildman–Crippen MR) is 112 cm³/mol. The van der Waals surface area contributed by atoms with Gasteiger partial charge in [-0.25, -0.2) is 0 Å². The first-order valence-corrected chi connectivity index (χ1v) is 10.6. The van der Waals surface area contributed by atoms with Crippen molar-refractivity contribution >= 4 is 23.2 Å². The van der Waals surface area contributed by atoms with Gasteiger partial charge in [-0.05, 0) is 40.8 Å². The molecule has 0 saturated carbocycles. The summed E-state index contributed by atoms with van der Waals surface area (Å²) in [5.41, 5.74) is 2.66. The number of nitrogens with one attached hydrogen (secondary N) is 1. The lowest BCUT2D eigenvalue weighted by Gasteiger charge is -2.26. The second kappa shape index (κ2) is 7.84. The standard InChI is InChI=1S/C23H20N2O4S/c26-22(24-12-15-7-8-19-20(10-15)29-14-28-19)11-18(21-6-3-9-30-21)25-13-16-4-1-2-5-17(16)23(25)27/h1-10,18H,11-14H2,(H,24,26)/t18-/m0/s1. The first kappa shape index (κ1) is 18.7. The maximum Gasteiger partial charge on any atom is 0.255 e. The van der Waals surface area contributed by atoms with E-state index in [0.29, 0.717) is 18.8 Å². The van der Waals surface area contributed by atoms with Crippen molar-refractivity contribution in [3.05, 3.63) is 81.5 Å². The number of nitrogens with zero attached hydrogens (tertiary/aromatic N) is 1. The minimum atomic E-state index is -0.290. The fourth-order valence-electron chi connectivity index (χ4n) is 3.87. The smallest absolute Gasteiger partial charge is 0.255 e. The predicted octanol–water partition coefficient (Wildman–Crippen LogP) is 3.88. The normalized spacial score (nSPS) is 15.2. The zero-order valence-electron chi connectivity index (χ0n) is 16.2. The highest BCUT2D eigenvalue weighted by molar-refractivity contribution is 7.10. The molecule has 3 heterocycles. The Morgan fingerprint density at radius 3 is 2.80 bits per heavy atom. The van der Waals surface area contributed by atoms with E-state index in [2.05, 4.69) is 5.32 Å². The molecule has 2 aliphatic rings. The number of hydrogen-bond donors (Lipinski definition) is 1. The third-order valence-electron chi connectivity index (χ3n) is 5.40. The fourth-order valence-corrected chi connectivity index (χ4v) is 4.71. The molecule has 3 aromatic rings. The number of ether oxygens (including phenoxy) is 2. The van der Waals surface area contributed by atoms with Crippen LogP contribution in [0.4, 0.5) is 0 Å². The summed E-state index contributed by atoms with van der Waals surface area (Å²) >= 11 is 1.56. The van der Waals surface area contributed by atoms with Crippen LogP contribution in [-0.2, 0) is 17.9 Å². The van der Waals surface area contributed by atoms with E-state index in [1.54, 1.807) is 16.2 Å². The van der Waals surface area contributed by atoms with E-state index in [0.717, 1.165) is 27.3 Å². The van der Waals surface area contributed by atoms with Crippen LogP contribution >= 0.6 is 11.3 Å². The van der Waals surface area contributed by atoms with Crippen molar-refractivity contribution in [2.75, 3.05) is 6.79 Å². The molecule has 2 aromatic carbocycles. The van der Waals surface area contributed by atoms with Crippen LogP contribution < -0.4 is 14.8 Å². The summed E-state index contributed by atoms with van der Waals surface area (Å²) in [6, 6.07) is 16.9. The van der Waals surface area contributed by atoms with Crippen LogP contribution in [0.2, 0.25) is 0 Å². The van der Waals surface area contributed by atoms with E-state index in [9.17, 15) is 9.59 Å². The molecule has 152 valence electrons. The highest BCUT2D eigenvalue weighted by atomic mass is 32.1. The Morgan fingerprint density at radius 2 is 1.97 bits per heavy atom. The Balaban J connectivity index is 1.29. The summed E-state index contributed by atoms with van der Waals surface area (Å²) in [5, 5.41) is 4.95. The fraction of sp³-hybridized carbons (Fsp3) is 0.217. The number of hydrogen-bond acceptors (Lipinski definition) is 5. The summed E-state index contributed by atoms with van der Waals surface area (Å²) in [6.45, 7) is 1.13. The van der Waals surface area contributed by atoms with Crippen molar-refractivity contribution < 1.29 is 19.1 Å². The van der Waals surface area contributed by atoms with Crippen molar-refractivity contribution in [3.8, 4) is 11.5 Å². The summed E-state index contributed by atoms with van der Waals surface area (Å²) in [5.74, 6) is 1.29. The number of rotatable bonds is 6. The van der Waals surface area contributed by atoms with Gasteiger partial charge in [0.05, 0.1) is 12.5 Å². The minimum absolute atomic E-state index is 0.0208. The molecule has 2 aliphatic heterocycles. The molecule has 5 rings (SSSR count). The number of benzene rings is 2. The Kier molecular flexibility index (Phi) is 4.88. The van der Waals surface area contributed by atoms with Gasteiger partial charge in [0.2, 0.25) is 12.7 Å². The molecular weight excluding hydrogens is 400 g/mol. The average molecular weight is 420 g/mol. The van der Waals surface area contributed by atoms with E-state index < -0.39 is 0 Å². The summed E-state index contributed by atoms with van der Waals surface area (Å²) in [7, 11) is 0. The van der Waals surface area contributed by atoms with Crippen LogP contribution in [0.15, 0.2) is 60.0 Å². The second-order valence-electron chi connectivity index (χ2n) is 7.29. The second-order valence-corrected chi connectivity index (χ2v) is 8.27. The molecule has 0 aliphatic carbocycles. The van der Waals surface area contributed by atoms with Crippen molar-refractivity contribution in [2.24, 2.45) is 0 Å². The lowest BCUT2D eigenvalue weighted by atomic mass is 10.1. The number of carbonyl (C=O) groups is 2. The molecule has 1 aromatic heterocycles. The molecule has 0 unspecified atom stereocenters. The van der Waals surface area contributed by atoms with Gasteiger partial charge < -0.3 is 19.7 Å². The Morgan fingerprint density at radius 1 is 1.10 bits per heavy atom. The first-order chi connectivity index (χ1) is 14.7. The molecule has 0 radical (unpaired) electrons. The maximum absolute atomic E-state index is 13.0. The highest BCUT2D eigenvalue weighted by Gasteiger charge is 2.34. The SMILES string of the molecule is O=C(C[C@@H](c1cccs1)N1Cc2ccccc2C1=O)NCc1ccc2c(c1)OCO2. The van der Waals surface area contributed by atoms with E-state index in [1.165, 1.54) is 0 Å². The highest BCUT2D eigenvalue weighted by Crippen LogP contribution is 2.35. The van der Waals surface area contributed by atoms with Gasteiger partial charge >= 0.3 is 0 Å². The lowest BCUT2D eigenvalue weighted by molar-refractivity contribution is -0.122.